The van der Waals surface area contributed by atoms with Crippen LogP contribution in [0.2, 0.25) is 0 Å². The molecule has 0 radical (unpaired) electrons. The van der Waals surface area contributed by atoms with Gasteiger partial charge in [-0.25, -0.2) is 0 Å². The Labute approximate surface area is 170 Å². The summed E-state index contributed by atoms with van der Waals surface area (Å²) >= 11 is 0. The van der Waals surface area contributed by atoms with Gasteiger partial charge in [0.05, 0.1) is 30.4 Å². The highest BCUT2D eigenvalue weighted by Gasteiger charge is 2.30. The molecule has 2 aromatic rings. The Morgan fingerprint density at radius 2 is 1.90 bits per heavy atom. The van der Waals surface area contributed by atoms with Gasteiger partial charge >= 0.3 is 5.97 Å². The number of nitrogens with zero attached hydrogens (tertiary/aromatic N) is 4. The standard InChI is InChI=1S/C22H28N4O3/c1-15-19-8-11-25(21(27)12-16-2-4-18(5-3-16)22(28)29)14-20(19)26(24-15)13-17-6-9-23-10-7-17/h6-7,9-10,16,18H,2-5,8,11-14H2,1H3,(H,28,29)/t16-,18-. The van der Waals surface area contributed by atoms with Crippen LogP contribution in [0.1, 0.15) is 54.6 Å². The Kier molecular flexibility index (Phi) is 5.65. The molecule has 1 fully saturated rings. The highest BCUT2D eigenvalue weighted by molar-refractivity contribution is 5.77. The molecule has 0 atom stereocenters. The highest BCUT2D eigenvalue weighted by Crippen LogP contribution is 2.32. The van der Waals surface area contributed by atoms with E-state index in [9.17, 15) is 9.59 Å². The SMILES string of the molecule is Cc1nn(Cc2ccncc2)c2c1CCN(C(=O)C[C@H]1CC[C@H](C(=O)O)CC1)C2. The topological polar surface area (TPSA) is 88.3 Å². The van der Waals surface area contributed by atoms with Crippen LogP contribution in [0.25, 0.3) is 0 Å². The number of aryl methyl sites for hydroxylation is 1. The molecule has 1 aliphatic heterocycles. The first-order chi connectivity index (χ1) is 14.0. The number of rotatable bonds is 5. The van der Waals surface area contributed by atoms with Gasteiger partial charge in [-0.05, 0) is 68.2 Å². The Bertz CT molecular complexity index is 885. The molecule has 1 aliphatic carbocycles. The fraction of sp³-hybridized carbons (Fsp3) is 0.545. The van der Waals surface area contributed by atoms with Crippen molar-refractivity contribution in [2.75, 3.05) is 6.54 Å². The van der Waals surface area contributed by atoms with Crippen molar-refractivity contribution in [1.82, 2.24) is 19.7 Å². The normalized spacial score (nSPS) is 21.6. The lowest BCUT2D eigenvalue weighted by molar-refractivity contribution is -0.143. The zero-order valence-corrected chi connectivity index (χ0v) is 16.9. The smallest absolute Gasteiger partial charge is 0.306 e. The molecule has 0 aromatic carbocycles. The van der Waals surface area contributed by atoms with Crippen LogP contribution >= 0.6 is 0 Å². The molecule has 0 unspecified atom stereocenters. The summed E-state index contributed by atoms with van der Waals surface area (Å²) in [6, 6.07) is 3.98. The molecule has 2 aliphatic rings. The van der Waals surface area contributed by atoms with Crippen LogP contribution in [-0.2, 0) is 29.1 Å². The number of hydrogen-bond acceptors (Lipinski definition) is 4. The number of amides is 1. The summed E-state index contributed by atoms with van der Waals surface area (Å²) in [5.74, 6) is -0.438. The van der Waals surface area contributed by atoms with E-state index in [0.717, 1.165) is 42.8 Å². The molecule has 2 aromatic heterocycles. The Morgan fingerprint density at radius 1 is 1.17 bits per heavy atom. The largest absolute Gasteiger partial charge is 0.481 e. The Balaban J connectivity index is 1.40. The summed E-state index contributed by atoms with van der Waals surface area (Å²) in [5.41, 5.74) is 4.59. The van der Waals surface area contributed by atoms with Crippen LogP contribution in [0.15, 0.2) is 24.5 Å². The molecule has 0 bridgehead atoms. The number of carboxylic acid groups (broad SMARTS) is 1. The second-order valence-electron chi connectivity index (χ2n) is 8.35. The molecule has 29 heavy (non-hydrogen) atoms. The molecule has 7 heteroatoms. The maximum absolute atomic E-state index is 12.9. The maximum atomic E-state index is 12.9. The van der Waals surface area contributed by atoms with E-state index in [0.29, 0.717) is 38.3 Å². The van der Waals surface area contributed by atoms with E-state index in [1.807, 2.05) is 28.6 Å². The van der Waals surface area contributed by atoms with Gasteiger partial charge in [0.1, 0.15) is 0 Å². The summed E-state index contributed by atoms with van der Waals surface area (Å²) in [6.45, 7) is 4.06. The van der Waals surface area contributed by atoms with E-state index in [4.69, 9.17) is 10.2 Å². The Hall–Kier alpha value is -2.70. The summed E-state index contributed by atoms with van der Waals surface area (Å²) in [6.07, 6.45) is 7.99. The van der Waals surface area contributed by atoms with Crippen molar-refractivity contribution in [1.29, 1.82) is 0 Å². The van der Waals surface area contributed by atoms with Crippen LogP contribution in [0, 0.1) is 18.8 Å². The number of fused-ring (bicyclic) bond motifs is 1. The van der Waals surface area contributed by atoms with Crippen LogP contribution in [0.3, 0.4) is 0 Å². The molecular formula is C22H28N4O3. The predicted molar refractivity (Wildman–Crippen MR) is 107 cm³/mol. The van der Waals surface area contributed by atoms with E-state index in [2.05, 4.69) is 4.98 Å². The minimum Gasteiger partial charge on any atom is -0.481 e. The molecule has 4 rings (SSSR count). The lowest BCUT2D eigenvalue weighted by Crippen LogP contribution is -2.38. The molecular weight excluding hydrogens is 368 g/mol. The van der Waals surface area contributed by atoms with Crippen LogP contribution in [0.4, 0.5) is 0 Å². The van der Waals surface area contributed by atoms with Crippen LogP contribution < -0.4 is 0 Å². The van der Waals surface area contributed by atoms with Crippen LogP contribution in [0.5, 0.6) is 0 Å². The van der Waals surface area contributed by atoms with E-state index in [-0.39, 0.29) is 11.8 Å². The molecule has 154 valence electrons. The van der Waals surface area contributed by atoms with Gasteiger partial charge in [0, 0.05) is 25.4 Å². The first kappa shape index (κ1) is 19.6. The molecule has 7 nitrogen and oxygen atoms in total. The molecule has 3 heterocycles. The average molecular weight is 396 g/mol. The van der Waals surface area contributed by atoms with Crippen molar-refractivity contribution in [3.05, 3.63) is 47.0 Å². The number of carbonyl (C=O) groups is 2. The zero-order valence-electron chi connectivity index (χ0n) is 16.9. The second kappa shape index (κ2) is 8.35. The van der Waals surface area contributed by atoms with E-state index in [1.165, 1.54) is 5.56 Å². The minimum absolute atomic E-state index is 0.184. The summed E-state index contributed by atoms with van der Waals surface area (Å²) in [4.78, 5) is 30.1. The fourth-order valence-corrected chi connectivity index (χ4v) is 4.67. The van der Waals surface area contributed by atoms with E-state index in [1.54, 1.807) is 12.4 Å². The fourth-order valence-electron chi connectivity index (χ4n) is 4.67. The molecule has 1 N–H and O–H groups in total. The molecule has 1 amide bonds. The lowest BCUT2D eigenvalue weighted by Gasteiger charge is -2.31. The van der Waals surface area contributed by atoms with Gasteiger partial charge in [-0.1, -0.05) is 0 Å². The van der Waals surface area contributed by atoms with Gasteiger partial charge in [0.2, 0.25) is 5.91 Å². The minimum atomic E-state index is -0.698. The third-order valence-corrected chi connectivity index (χ3v) is 6.43. The first-order valence-electron chi connectivity index (χ1n) is 10.5. The number of hydrogen-bond donors (Lipinski definition) is 1. The summed E-state index contributed by atoms with van der Waals surface area (Å²) < 4.78 is 2.03. The average Bonchev–Trinajstić information content (AvgIpc) is 3.04. The number of carboxylic acids is 1. The van der Waals surface area contributed by atoms with Gasteiger partial charge in [0.15, 0.2) is 0 Å². The van der Waals surface area contributed by atoms with Crippen molar-refractivity contribution in [2.24, 2.45) is 11.8 Å². The predicted octanol–water partition coefficient (Wildman–Crippen LogP) is 2.80. The first-order valence-corrected chi connectivity index (χ1v) is 10.5. The van der Waals surface area contributed by atoms with Gasteiger partial charge < -0.3 is 10.0 Å². The zero-order chi connectivity index (χ0) is 20.4. The number of aliphatic carboxylic acids is 1. The molecule has 0 saturated heterocycles. The quantitative estimate of drug-likeness (QED) is 0.840. The van der Waals surface area contributed by atoms with Crippen molar-refractivity contribution < 1.29 is 14.7 Å². The van der Waals surface area contributed by atoms with Gasteiger partial charge in [-0.2, -0.15) is 5.10 Å². The second-order valence-corrected chi connectivity index (χ2v) is 8.35. The van der Waals surface area contributed by atoms with Crippen molar-refractivity contribution in [2.45, 2.75) is 58.5 Å². The molecule has 1 saturated carbocycles. The monoisotopic (exact) mass is 396 g/mol. The van der Waals surface area contributed by atoms with Crippen molar-refractivity contribution in [3.8, 4) is 0 Å². The van der Waals surface area contributed by atoms with Gasteiger partial charge in [-0.3, -0.25) is 19.3 Å². The molecule has 0 spiro atoms. The Morgan fingerprint density at radius 3 is 2.59 bits per heavy atom. The van der Waals surface area contributed by atoms with E-state index >= 15 is 0 Å². The number of pyridine rings is 1. The third-order valence-electron chi connectivity index (χ3n) is 6.43. The van der Waals surface area contributed by atoms with Crippen molar-refractivity contribution >= 4 is 11.9 Å². The number of aromatic nitrogens is 3. The highest BCUT2D eigenvalue weighted by atomic mass is 16.4. The van der Waals surface area contributed by atoms with Crippen molar-refractivity contribution in [3.63, 3.8) is 0 Å². The lowest BCUT2D eigenvalue weighted by atomic mass is 9.80. The van der Waals surface area contributed by atoms with Gasteiger partial charge in [-0.15, -0.1) is 0 Å². The van der Waals surface area contributed by atoms with Crippen LogP contribution in [-0.4, -0.2) is 43.2 Å². The maximum Gasteiger partial charge on any atom is 0.306 e. The number of carbonyl (C=O) groups excluding carboxylic acids is 1. The van der Waals surface area contributed by atoms with E-state index < -0.39 is 5.97 Å². The van der Waals surface area contributed by atoms with Gasteiger partial charge in [0.25, 0.3) is 0 Å². The summed E-state index contributed by atoms with van der Waals surface area (Å²) in [5, 5.41) is 13.9. The third kappa shape index (κ3) is 4.33. The summed E-state index contributed by atoms with van der Waals surface area (Å²) in [7, 11) is 0.